The van der Waals surface area contributed by atoms with Crippen molar-refractivity contribution in [2.24, 2.45) is 0 Å². The minimum atomic E-state index is 0.458. The standard InChI is InChI=1S/C13H17N3O/c1-9-8-10(6-7-14-9)15-13-16-11-4-2-3-5-12(11)17-13/h2-5,9-10,14H,6-8H2,1H3,(H,15,16). The summed E-state index contributed by atoms with van der Waals surface area (Å²) >= 11 is 0. The second-order valence-corrected chi connectivity index (χ2v) is 4.71. The van der Waals surface area contributed by atoms with Crippen LogP contribution in [0.3, 0.4) is 0 Å². The topological polar surface area (TPSA) is 50.1 Å². The van der Waals surface area contributed by atoms with Crippen molar-refractivity contribution in [1.29, 1.82) is 0 Å². The number of para-hydroxylation sites is 2. The number of oxazole rings is 1. The molecule has 0 saturated carbocycles. The number of hydrogen-bond acceptors (Lipinski definition) is 4. The quantitative estimate of drug-likeness (QED) is 0.833. The van der Waals surface area contributed by atoms with Crippen LogP contribution in [0.25, 0.3) is 11.1 Å². The van der Waals surface area contributed by atoms with Gasteiger partial charge in [-0.2, -0.15) is 4.98 Å². The Labute approximate surface area is 100 Å². The van der Waals surface area contributed by atoms with E-state index in [1.807, 2.05) is 24.3 Å². The minimum absolute atomic E-state index is 0.458. The molecule has 2 unspecified atom stereocenters. The van der Waals surface area contributed by atoms with E-state index in [2.05, 4.69) is 22.5 Å². The molecular weight excluding hydrogens is 214 g/mol. The predicted octanol–water partition coefficient (Wildman–Crippen LogP) is 2.38. The van der Waals surface area contributed by atoms with Gasteiger partial charge >= 0.3 is 0 Å². The van der Waals surface area contributed by atoms with Gasteiger partial charge in [0.05, 0.1) is 0 Å². The summed E-state index contributed by atoms with van der Waals surface area (Å²) in [7, 11) is 0. The maximum Gasteiger partial charge on any atom is 0.295 e. The first kappa shape index (κ1) is 10.6. The molecule has 17 heavy (non-hydrogen) atoms. The molecular formula is C13H17N3O. The Kier molecular flexibility index (Phi) is 2.73. The zero-order valence-electron chi connectivity index (χ0n) is 9.94. The molecule has 4 heteroatoms. The molecule has 0 spiro atoms. The molecule has 1 aliphatic heterocycles. The fourth-order valence-corrected chi connectivity index (χ4v) is 2.37. The first-order valence-electron chi connectivity index (χ1n) is 6.17. The van der Waals surface area contributed by atoms with E-state index in [0.717, 1.165) is 30.5 Å². The lowest BCUT2D eigenvalue weighted by atomic mass is 10.0. The van der Waals surface area contributed by atoms with Crippen molar-refractivity contribution in [3.63, 3.8) is 0 Å². The van der Waals surface area contributed by atoms with E-state index in [1.165, 1.54) is 0 Å². The molecule has 1 aromatic carbocycles. The molecule has 1 aliphatic rings. The lowest BCUT2D eigenvalue weighted by Crippen LogP contribution is -2.41. The lowest BCUT2D eigenvalue weighted by Gasteiger charge is -2.27. The maximum absolute atomic E-state index is 5.66. The second-order valence-electron chi connectivity index (χ2n) is 4.71. The molecule has 2 atom stereocenters. The van der Waals surface area contributed by atoms with Gasteiger partial charge in [-0.05, 0) is 38.4 Å². The van der Waals surface area contributed by atoms with Gasteiger partial charge in [-0.25, -0.2) is 0 Å². The van der Waals surface area contributed by atoms with Gasteiger partial charge in [-0.1, -0.05) is 12.1 Å². The number of nitrogens with one attached hydrogen (secondary N) is 2. The molecule has 3 rings (SSSR count). The van der Waals surface area contributed by atoms with Crippen molar-refractivity contribution in [3.8, 4) is 0 Å². The molecule has 0 aliphatic carbocycles. The fourth-order valence-electron chi connectivity index (χ4n) is 2.37. The highest BCUT2D eigenvalue weighted by Crippen LogP contribution is 2.20. The average molecular weight is 231 g/mol. The van der Waals surface area contributed by atoms with Crippen LogP contribution in [0.4, 0.5) is 6.01 Å². The Hall–Kier alpha value is -1.55. The van der Waals surface area contributed by atoms with Gasteiger partial charge in [0.1, 0.15) is 5.52 Å². The molecule has 0 bridgehead atoms. The summed E-state index contributed by atoms with van der Waals surface area (Å²) in [6, 6.07) is 9.51. The van der Waals surface area contributed by atoms with E-state index in [-0.39, 0.29) is 0 Å². The van der Waals surface area contributed by atoms with Crippen molar-refractivity contribution in [1.82, 2.24) is 10.3 Å². The van der Waals surface area contributed by atoms with Gasteiger partial charge in [0.2, 0.25) is 0 Å². The molecule has 2 aromatic rings. The summed E-state index contributed by atoms with van der Waals surface area (Å²) in [5.41, 5.74) is 1.76. The van der Waals surface area contributed by atoms with Gasteiger partial charge in [0.25, 0.3) is 6.01 Å². The van der Waals surface area contributed by atoms with E-state index in [1.54, 1.807) is 0 Å². The Balaban J connectivity index is 1.75. The van der Waals surface area contributed by atoms with Crippen LogP contribution in [0.2, 0.25) is 0 Å². The van der Waals surface area contributed by atoms with Crippen molar-refractivity contribution in [2.45, 2.75) is 31.8 Å². The number of nitrogens with zero attached hydrogens (tertiary/aromatic N) is 1. The molecule has 2 heterocycles. The zero-order valence-corrected chi connectivity index (χ0v) is 9.94. The third kappa shape index (κ3) is 2.26. The van der Waals surface area contributed by atoms with Crippen molar-refractivity contribution in [3.05, 3.63) is 24.3 Å². The zero-order chi connectivity index (χ0) is 11.7. The largest absolute Gasteiger partial charge is 0.424 e. The lowest BCUT2D eigenvalue weighted by molar-refractivity contribution is 0.390. The molecule has 1 fully saturated rings. The van der Waals surface area contributed by atoms with Crippen molar-refractivity contribution >= 4 is 17.1 Å². The predicted molar refractivity (Wildman–Crippen MR) is 68.1 cm³/mol. The van der Waals surface area contributed by atoms with Crippen LogP contribution in [-0.4, -0.2) is 23.6 Å². The van der Waals surface area contributed by atoms with Gasteiger partial charge in [-0.3, -0.25) is 0 Å². The Bertz CT molecular complexity index is 475. The highest BCUT2D eigenvalue weighted by molar-refractivity contribution is 5.74. The molecule has 4 nitrogen and oxygen atoms in total. The third-order valence-electron chi connectivity index (χ3n) is 3.25. The number of aromatic nitrogens is 1. The molecule has 1 aromatic heterocycles. The van der Waals surface area contributed by atoms with Crippen LogP contribution in [0.1, 0.15) is 19.8 Å². The number of hydrogen-bond donors (Lipinski definition) is 2. The van der Waals surface area contributed by atoms with Crippen LogP contribution < -0.4 is 10.6 Å². The van der Waals surface area contributed by atoms with Crippen LogP contribution >= 0.6 is 0 Å². The smallest absolute Gasteiger partial charge is 0.295 e. The first-order chi connectivity index (χ1) is 8.31. The summed E-state index contributed by atoms with van der Waals surface area (Å²) in [4.78, 5) is 4.43. The number of rotatable bonds is 2. The normalized spacial score (nSPS) is 25.0. The van der Waals surface area contributed by atoms with Gasteiger partial charge < -0.3 is 15.1 Å². The second kappa shape index (κ2) is 4.37. The highest BCUT2D eigenvalue weighted by Gasteiger charge is 2.19. The number of fused-ring (bicyclic) bond motifs is 1. The minimum Gasteiger partial charge on any atom is -0.424 e. The number of benzene rings is 1. The number of piperidine rings is 1. The van der Waals surface area contributed by atoms with Gasteiger partial charge in [0.15, 0.2) is 5.58 Å². The molecule has 0 amide bonds. The fraction of sp³-hybridized carbons (Fsp3) is 0.462. The summed E-state index contributed by atoms with van der Waals surface area (Å²) in [5.74, 6) is 0. The van der Waals surface area contributed by atoms with Crippen LogP contribution in [-0.2, 0) is 0 Å². The van der Waals surface area contributed by atoms with E-state index in [9.17, 15) is 0 Å². The van der Waals surface area contributed by atoms with E-state index < -0.39 is 0 Å². The Morgan fingerprint density at radius 1 is 1.41 bits per heavy atom. The molecule has 0 radical (unpaired) electrons. The van der Waals surface area contributed by atoms with Crippen LogP contribution in [0, 0.1) is 0 Å². The SMILES string of the molecule is CC1CC(Nc2nc3ccccc3o2)CCN1. The maximum atomic E-state index is 5.66. The molecule has 90 valence electrons. The van der Waals surface area contributed by atoms with E-state index in [0.29, 0.717) is 18.1 Å². The Morgan fingerprint density at radius 3 is 3.12 bits per heavy atom. The summed E-state index contributed by atoms with van der Waals surface area (Å²) in [5, 5.41) is 6.82. The van der Waals surface area contributed by atoms with E-state index >= 15 is 0 Å². The summed E-state index contributed by atoms with van der Waals surface area (Å²) < 4.78 is 5.66. The average Bonchev–Trinajstić information content (AvgIpc) is 2.71. The summed E-state index contributed by atoms with van der Waals surface area (Å²) in [6.45, 7) is 3.26. The van der Waals surface area contributed by atoms with Crippen molar-refractivity contribution in [2.75, 3.05) is 11.9 Å². The number of anilines is 1. The molecule has 2 N–H and O–H groups in total. The third-order valence-corrected chi connectivity index (χ3v) is 3.25. The van der Waals surface area contributed by atoms with Crippen molar-refractivity contribution < 1.29 is 4.42 Å². The van der Waals surface area contributed by atoms with Gasteiger partial charge in [0, 0.05) is 12.1 Å². The first-order valence-corrected chi connectivity index (χ1v) is 6.17. The van der Waals surface area contributed by atoms with Gasteiger partial charge in [-0.15, -0.1) is 0 Å². The molecule has 1 saturated heterocycles. The summed E-state index contributed by atoms with van der Waals surface area (Å²) in [6.07, 6.45) is 2.22. The van der Waals surface area contributed by atoms with Crippen LogP contribution in [0.5, 0.6) is 0 Å². The Morgan fingerprint density at radius 2 is 2.29 bits per heavy atom. The van der Waals surface area contributed by atoms with Crippen LogP contribution in [0.15, 0.2) is 28.7 Å². The van der Waals surface area contributed by atoms with E-state index in [4.69, 9.17) is 4.42 Å². The highest BCUT2D eigenvalue weighted by atomic mass is 16.4. The monoisotopic (exact) mass is 231 g/mol.